The molecule has 0 saturated carbocycles. The lowest BCUT2D eigenvalue weighted by atomic mass is 9.89. The van der Waals surface area contributed by atoms with Crippen LogP contribution >= 0.6 is 11.6 Å². The Balaban J connectivity index is 1.99. The van der Waals surface area contributed by atoms with Crippen LogP contribution in [0.4, 0.5) is 4.39 Å². The van der Waals surface area contributed by atoms with Crippen molar-refractivity contribution in [3.05, 3.63) is 64.4 Å². The van der Waals surface area contributed by atoms with E-state index in [4.69, 9.17) is 20.5 Å². The van der Waals surface area contributed by atoms with E-state index in [1.54, 1.807) is 0 Å². The fourth-order valence-corrected chi connectivity index (χ4v) is 2.79. The zero-order valence-electron chi connectivity index (χ0n) is 13.6. The SMILES string of the molecule is [2H]C([2H])([2H])NC[C@@]1(c2ccccc2)Cc2cc(Cl)c(F)cc2O1. The van der Waals surface area contributed by atoms with Crippen LogP contribution in [0.25, 0.3) is 0 Å². The molecule has 104 valence electrons. The predicted octanol–water partition coefficient (Wildman–Crippen LogP) is 3.53. The van der Waals surface area contributed by atoms with Crippen LogP contribution in [0, 0.1) is 5.82 Å². The maximum atomic E-state index is 13.7. The Morgan fingerprint density at radius 1 is 1.40 bits per heavy atom. The Morgan fingerprint density at radius 3 is 2.95 bits per heavy atom. The Hall–Kier alpha value is -1.58. The first-order valence-corrected chi connectivity index (χ1v) is 6.64. The third-order valence-corrected chi connectivity index (χ3v) is 3.85. The molecule has 0 saturated heterocycles. The number of fused-ring (bicyclic) bond motifs is 1. The third-order valence-electron chi connectivity index (χ3n) is 3.56. The number of nitrogens with one attached hydrogen (secondary N) is 1. The highest BCUT2D eigenvalue weighted by atomic mass is 35.5. The minimum Gasteiger partial charge on any atom is -0.480 e. The molecular weight excluding hydrogens is 277 g/mol. The van der Waals surface area contributed by atoms with Gasteiger partial charge in [0.15, 0.2) is 5.60 Å². The van der Waals surface area contributed by atoms with Gasteiger partial charge in [0.1, 0.15) is 11.6 Å². The van der Waals surface area contributed by atoms with E-state index in [0.717, 1.165) is 11.1 Å². The van der Waals surface area contributed by atoms with E-state index in [9.17, 15) is 4.39 Å². The molecule has 0 amide bonds. The summed E-state index contributed by atoms with van der Waals surface area (Å²) in [4.78, 5) is 0. The molecule has 0 unspecified atom stereocenters. The summed E-state index contributed by atoms with van der Waals surface area (Å²) >= 11 is 5.84. The molecule has 2 nitrogen and oxygen atoms in total. The maximum absolute atomic E-state index is 13.7. The number of likely N-dealkylation sites (N-methyl/N-ethyl adjacent to an activating group) is 1. The lowest BCUT2D eigenvalue weighted by Crippen LogP contribution is -2.41. The highest BCUT2D eigenvalue weighted by Crippen LogP contribution is 2.42. The second kappa shape index (κ2) is 5.08. The molecule has 1 N–H and O–H groups in total. The molecule has 2 aromatic carbocycles. The van der Waals surface area contributed by atoms with E-state index in [2.05, 4.69) is 5.32 Å². The fourth-order valence-electron chi connectivity index (χ4n) is 2.60. The first-order valence-electron chi connectivity index (χ1n) is 7.77. The molecule has 20 heavy (non-hydrogen) atoms. The van der Waals surface area contributed by atoms with E-state index >= 15 is 0 Å². The topological polar surface area (TPSA) is 21.3 Å². The molecular formula is C16H15ClFNO. The van der Waals surface area contributed by atoms with Crippen molar-refractivity contribution in [3.8, 4) is 5.75 Å². The second-order valence-electron chi connectivity index (χ2n) is 4.87. The van der Waals surface area contributed by atoms with Crippen LogP contribution in [0.15, 0.2) is 42.5 Å². The van der Waals surface area contributed by atoms with Crippen LogP contribution in [-0.2, 0) is 12.0 Å². The number of benzene rings is 2. The van der Waals surface area contributed by atoms with Gasteiger partial charge in [-0.25, -0.2) is 4.39 Å². The zero-order chi connectivity index (χ0) is 16.7. The minimum atomic E-state index is -2.29. The fraction of sp³-hybridized carbons (Fsp3) is 0.250. The van der Waals surface area contributed by atoms with E-state index in [-0.39, 0.29) is 11.6 Å². The smallest absolute Gasteiger partial charge is 0.150 e. The highest BCUT2D eigenvalue weighted by Gasteiger charge is 2.41. The summed E-state index contributed by atoms with van der Waals surface area (Å²) in [5.41, 5.74) is 0.673. The van der Waals surface area contributed by atoms with Crippen LogP contribution in [0.1, 0.15) is 15.2 Å². The predicted molar refractivity (Wildman–Crippen MR) is 77.8 cm³/mol. The average molecular weight is 295 g/mol. The Kier molecular flexibility index (Phi) is 2.59. The van der Waals surface area contributed by atoms with Crippen molar-refractivity contribution >= 4 is 11.6 Å². The van der Waals surface area contributed by atoms with Gasteiger partial charge in [0, 0.05) is 28.7 Å². The van der Waals surface area contributed by atoms with E-state index in [1.807, 2.05) is 30.3 Å². The molecule has 0 aliphatic carbocycles. The summed E-state index contributed by atoms with van der Waals surface area (Å²) in [6.07, 6.45) is 0.412. The number of hydrogen-bond donors (Lipinski definition) is 1. The summed E-state index contributed by atoms with van der Waals surface area (Å²) in [7, 11) is 0. The number of ether oxygens (including phenoxy) is 1. The quantitative estimate of drug-likeness (QED) is 0.935. The zero-order valence-corrected chi connectivity index (χ0v) is 11.4. The van der Waals surface area contributed by atoms with Crippen molar-refractivity contribution in [2.24, 2.45) is 0 Å². The molecule has 0 spiro atoms. The Labute approximate surface area is 126 Å². The molecule has 0 fully saturated rings. The molecule has 1 heterocycles. The molecule has 4 heteroatoms. The van der Waals surface area contributed by atoms with E-state index in [1.165, 1.54) is 12.1 Å². The van der Waals surface area contributed by atoms with Crippen molar-refractivity contribution < 1.29 is 13.2 Å². The highest BCUT2D eigenvalue weighted by molar-refractivity contribution is 6.30. The van der Waals surface area contributed by atoms with Crippen molar-refractivity contribution in [3.63, 3.8) is 0 Å². The standard InChI is InChI=1S/C16H15ClFNO/c1-19-10-16(12-5-3-2-4-6-12)9-11-7-13(17)14(18)8-15(11)20-16/h2-8,19H,9-10H2,1H3/t16-/m1/s1/i1D3. The molecule has 1 aliphatic heterocycles. The minimum absolute atomic E-state index is 0.0278. The number of halogens is 2. The average Bonchev–Trinajstić information content (AvgIpc) is 2.85. The first-order chi connectivity index (χ1) is 10.8. The largest absolute Gasteiger partial charge is 0.480 e. The van der Waals surface area contributed by atoms with Crippen molar-refractivity contribution in [2.75, 3.05) is 13.5 Å². The summed E-state index contributed by atoms with van der Waals surface area (Å²) in [6.45, 7) is -2.22. The Morgan fingerprint density at radius 2 is 2.20 bits per heavy atom. The van der Waals surface area contributed by atoms with Gasteiger partial charge in [0.05, 0.1) is 5.02 Å². The normalized spacial score (nSPS) is 23.4. The summed E-state index contributed by atoms with van der Waals surface area (Å²) in [5.74, 6) is -0.166. The van der Waals surface area contributed by atoms with Crippen molar-refractivity contribution in [2.45, 2.75) is 12.0 Å². The monoisotopic (exact) mass is 294 g/mol. The molecule has 1 atom stereocenters. The lowest BCUT2D eigenvalue weighted by molar-refractivity contribution is 0.0940. The Bertz CT molecular complexity index is 690. The van der Waals surface area contributed by atoms with Gasteiger partial charge in [-0.2, -0.15) is 0 Å². The molecule has 0 bridgehead atoms. The summed E-state index contributed by atoms with van der Waals surface area (Å²) in [5, 5.41) is 2.54. The third kappa shape index (κ3) is 2.17. The number of rotatable bonds is 3. The second-order valence-corrected chi connectivity index (χ2v) is 5.27. The van der Waals surface area contributed by atoms with Gasteiger partial charge in [0.25, 0.3) is 0 Å². The summed E-state index contributed by atoms with van der Waals surface area (Å²) < 4.78 is 41.8. The van der Waals surface area contributed by atoms with Gasteiger partial charge in [-0.1, -0.05) is 41.9 Å². The van der Waals surface area contributed by atoms with Crippen LogP contribution in [0.5, 0.6) is 5.75 Å². The van der Waals surface area contributed by atoms with Crippen LogP contribution < -0.4 is 10.1 Å². The molecule has 0 aromatic heterocycles. The van der Waals surface area contributed by atoms with Gasteiger partial charge >= 0.3 is 0 Å². The summed E-state index contributed by atoms with van der Waals surface area (Å²) in [6, 6.07) is 12.1. The van der Waals surface area contributed by atoms with Crippen LogP contribution in [0.2, 0.25) is 5.02 Å². The van der Waals surface area contributed by atoms with Gasteiger partial charge in [-0.05, 0) is 18.6 Å². The molecule has 0 radical (unpaired) electrons. The van der Waals surface area contributed by atoms with Gasteiger partial charge in [-0.15, -0.1) is 0 Å². The van der Waals surface area contributed by atoms with Gasteiger partial charge in [0.2, 0.25) is 0 Å². The van der Waals surface area contributed by atoms with Crippen LogP contribution in [-0.4, -0.2) is 13.5 Å². The van der Waals surface area contributed by atoms with Gasteiger partial charge < -0.3 is 10.1 Å². The van der Waals surface area contributed by atoms with E-state index < -0.39 is 18.4 Å². The van der Waals surface area contributed by atoms with Gasteiger partial charge in [-0.3, -0.25) is 0 Å². The lowest BCUT2D eigenvalue weighted by Gasteiger charge is -2.29. The first kappa shape index (κ1) is 10.2. The maximum Gasteiger partial charge on any atom is 0.150 e. The van der Waals surface area contributed by atoms with E-state index in [0.29, 0.717) is 12.2 Å². The van der Waals surface area contributed by atoms with Crippen molar-refractivity contribution in [1.29, 1.82) is 0 Å². The molecule has 1 aliphatic rings. The van der Waals surface area contributed by atoms with Crippen molar-refractivity contribution in [1.82, 2.24) is 5.32 Å². The number of hydrogen-bond acceptors (Lipinski definition) is 2. The molecule has 2 aromatic rings. The van der Waals surface area contributed by atoms with Crippen LogP contribution in [0.3, 0.4) is 0 Å². The molecule has 3 rings (SSSR count).